The molecule has 0 spiro atoms. The monoisotopic (exact) mass is 310 g/mol. The number of carbonyl (C=O) groups excluding carboxylic acids is 1. The minimum atomic E-state index is 0.0571. The number of hydrogen-bond acceptors (Lipinski definition) is 4. The molecule has 0 fully saturated rings. The smallest absolute Gasteiger partial charge is 0.223 e. The zero-order chi connectivity index (χ0) is 15.9. The Bertz CT molecular complexity index is 706. The average molecular weight is 310 g/mol. The zero-order valence-corrected chi connectivity index (χ0v) is 12.7. The van der Waals surface area contributed by atoms with E-state index in [2.05, 4.69) is 4.98 Å². The highest BCUT2D eigenvalue weighted by atomic mass is 16.3. The number of nitrogens with zero attached hydrogens (tertiary/aromatic N) is 2. The Hall–Kier alpha value is -2.82. The number of pyridine rings is 1. The van der Waals surface area contributed by atoms with E-state index in [4.69, 9.17) is 8.83 Å². The molecule has 0 bridgehead atoms. The first-order valence-electron chi connectivity index (χ1n) is 7.53. The summed E-state index contributed by atoms with van der Waals surface area (Å²) in [6.45, 7) is 0.949. The number of carbonyl (C=O) groups is 1. The van der Waals surface area contributed by atoms with E-state index >= 15 is 0 Å². The molecule has 0 aliphatic rings. The number of hydrogen-bond donors (Lipinski definition) is 0. The molecule has 3 aromatic heterocycles. The minimum absolute atomic E-state index is 0.0571. The normalized spacial score (nSPS) is 10.6. The molecule has 0 saturated carbocycles. The first-order chi connectivity index (χ1) is 11.3. The van der Waals surface area contributed by atoms with Gasteiger partial charge in [0.25, 0.3) is 0 Å². The maximum absolute atomic E-state index is 12.6. The molecule has 3 aromatic rings. The fraction of sp³-hybridized carbons (Fsp3) is 0.222. The number of furan rings is 2. The van der Waals surface area contributed by atoms with Gasteiger partial charge >= 0.3 is 0 Å². The molecule has 0 aliphatic carbocycles. The molecule has 0 atom stereocenters. The summed E-state index contributed by atoms with van der Waals surface area (Å²) in [5, 5.41) is 0. The van der Waals surface area contributed by atoms with Gasteiger partial charge in [0.1, 0.15) is 11.5 Å². The molecule has 0 radical (unpaired) electrons. The van der Waals surface area contributed by atoms with E-state index in [1.165, 1.54) is 0 Å². The summed E-state index contributed by atoms with van der Waals surface area (Å²) in [4.78, 5) is 18.5. The second-order valence-corrected chi connectivity index (χ2v) is 5.27. The van der Waals surface area contributed by atoms with Crippen molar-refractivity contribution in [2.75, 3.05) is 0 Å². The zero-order valence-electron chi connectivity index (χ0n) is 12.7. The van der Waals surface area contributed by atoms with Crippen molar-refractivity contribution < 1.29 is 13.6 Å². The van der Waals surface area contributed by atoms with Gasteiger partial charge in [0.05, 0.1) is 19.1 Å². The van der Waals surface area contributed by atoms with Gasteiger partial charge in [-0.2, -0.15) is 0 Å². The summed E-state index contributed by atoms with van der Waals surface area (Å²) < 4.78 is 10.7. The first kappa shape index (κ1) is 15.1. The summed E-state index contributed by atoms with van der Waals surface area (Å²) in [7, 11) is 0. The van der Waals surface area contributed by atoms with Crippen molar-refractivity contribution in [2.24, 2.45) is 0 Å². The van der Waals surface area contributed by atoms with Gasteiger partial charge in [0, 0.05) is 31.8 Å². The third-order valence-electron chi connectivity index (χ3n) is 3.54. The van der Waals surface area contributed by atoms with Gasteiger partial charge in [-0.05, 0) is 35.9 Å². The van der Waals surface area contributed by atoms with E-state index in [1.54, 1.807) is 29.8 Å². The van der Waals surface area contributed by atoms with Crippen LogP contribution in [-0.4, -0.2) is 15.8 Å². The van der Waals surface area contributed by atoms with Crippen LogP contribution in [0.15, 0.2) is 70.2 Å². The molecule has 3 heterocycles. The van der Waals surface area contributed by atoms with E-state index in [0.29, 0.717) is 25.9 Å². The van der Waals surface area contributed by atoms with Crippen molar-refractivity contribution in [1.29, 1.82) is 0 Å². The number of rotatable bonds is 7. The van der Waals surface area contributed by atoms with Gasteiger partial charge in [0.15, 0.2) is 0 Å². The molecule has 3 rings (SSSR count). The lowest BCUT2D eigenvalue weighted by Crippen LogP contribution is -2.30. The lowest BCUT2D eigenvalue weighted by Gasteiger charge is -2.21. The van der Waals surface area contributed by atoms with Crippen LogP contribution >= 0.6 is 0 Å². The van der Waals surface area contributed by atoms with Crippen molar-refractivity contribution in [3.8, 4) is 0 Å². The molecule has 23 heavy (non-hydrogen) atoms. The van der Waals surface area contributed by atoms with E-state index in [9.17, 15) is 4.79 Å². The predicted octanol–water partition coefficient (Wildman–Crippen LogP) is 3.43. The van der Waals surface area contributed by atoms with Gasteiger partial charge in [0.2, 0.25) is 5.91 Å². The summed E-state index contributed by atoms with van der Waals surface area (Å²) in [6, 6.07) is 11.2. The highest BCUT2D eigenvalue weighted by Crippen LogP contribution is 2.13. The lowest BCUT2D eigenvalue weighted by molar-refractivity contribution is -0.132. The van der Waals surface area contributed by atoms with E-state index in [0.717, 1.165) is 17.1 Å². The van der Waals surface area contributed by atoms with Crippen LogP contribution in [0.4, 0.5) is 0 Å². The third kappa shape index (κ3) is 4.32. The van der Waals surface area contributed by atoms with Gasteiger partial charge < -0.3 is 13.7 Å². The van der Waals surface area contributed by atoms with Crippen LogP contribution < -0.4 is 0 Å². The maximum Gasteiger partial charge on any atom is 0.223 e. The molecule has 5 heteroatoms. The van der Waals surface area contributed by atoms with Crippen molar-refractivity contribution in [3.63, 3.8) is 0 Å². The standard InChI is InChI=1S/C18H18N2O3/c21-18(8-7-16-5-2-10-22-16)20(14-17-6-3-11-23-17)13-15-4-1-9-19-12-15/h1-6,9-12H,7-8,13-14H2. The number of aryl methyl sites for hydroxylation is 1. The highest BCUT2D eigenvalue weighted by Gasteiger charge is 2.16. The molecular weight excluding hydrogens is 292 g/mol. The Labute approximate surface area is 134 Å². The molecular formula is C18H18N2O3. The van der Waals surface area contributed by atoms with E-state index in [-0.39, 0.29) is 5.91 Å². The summed E-state index contributed by atoms with van der Waals surface area (Å²) in [6.07, 6.45) is 7.72. The molecule has 0 aliphatic heterocycles. The molecule has 0 N–H and O–H groups in total. The molecule has 0 saturated heterocycles. The summed E-state index contributed by atoms with van der Waals surface area (Å²) in [5.41, 5.74) is 0.991. The van der Waals surface area contributed by atoms with Gasteiger partial charge in [-0.15, -0.1) is 0 Å². The predicted molar refractivity (Wildman–Crippen MR) is 84.2 cm³/mol. The van der Waals surface area contributed by atoms with Crippen LogP contribution in [0.2, 0.25) is 0 Å². The Balaban J connectivity index is 1.67. The average Bonchev–Trinajstić information content (AvgIpc) is 3.26. The van der Waals surface area contributed by atoms with Crippen LogP contribution in [0.1, 0.15) is 23.5 Å². The Morgan fingerprint density at radius 1 is 1.00 bits per heavy atom. The lowest BCUT2D eigenvalue weighted by atomic mass is 10.2. The Morgan fingerprint density at radius 3 is 2.43 bits per heavy atom. The second-order valence-electron chi connectivity index (χ2n) is 5.27. The second kappa shape index (κ2) is 7.45. The molecule has 0 aromatic carbocycles. The molecule has 1 amide bonds. The molecule has 5 nitrogen and oxygen atoms in total. The van der Waals surface area contributed by atoms with Crippen LogP contribution in [0.5, 0.6) is 0 Å². The van der Waals surface area contributed by atoms with Crippen molar-refractivity contribution >= 4 is 5.91 Å². The maximum atomic E-state index is 12.6. The van der Waals surface area contributed by atoms with Crippen LogP contribution in [0, 0.1) is 0 Å². The first-order valence-corrected chi connectivity index (χ1v) is 7.53. The quantitative estimate of drug-likeness (QED) is 0.671. The SMILES string of the molecule is O=C(CCc1ccco1)N(Cc1cccnc1)Cc1ccco1. The summed E-state index contributed by atoms with van der Waals surface area (Å²) in [5.74, 6) is 1.64. The minimum Gasteiger partial charge on any atom is -0.469 e. The topological polar surface area (TPSA) is 59.5 Å². The Kier molecular flexibility index (Phi) is 4.88. The van der Waals surface area contributed by atoms with Crippen LogP contribution in [0.3, 0.4) is 0 Å². The molecule has 118 valence electrons. The van der Waals surface area contributed by atoms with Gasteiger partial charge in [-0.3, -0.25) is 9.78 Å². The number of aromatic nitrogens is 1. The van der Waals surface area contributed by atoms with Crippen LogP contribution in [-0.2, 0) is 24.3 Å². The molecule has 0 unspecified atom stereocenters. The van der Waals surface area contributed by atoms with E-state index < -0.39 is 0 Å². The van der Waals surface area contributed by atoms with Crippen molar-refractivity contribution in [1.82, 2.24) is 9.88 Å². The Morgan fingerprint density at radius 2 is 1.78 bits per heavy atom. The van der Waals surface area contributed by atoms with Gasteiger partial charge in [-0.1, -0.05) is 6.07 Å². The van der Waals surface area contributed by atoms with Crippen LogP contribution in [0.25, 0.3) is 0 Å². The summed E-state index contributed by atoms with van der Waals surface area (Å²) >= 11 is 0. The van der Waals surface area contributed by atoms with Crippen molar-refractivity contribution in [3.05, 3.63) is 78.4 Å². The fourth-order valence-corrected chi connectivity index (χ4v) is 2.38. The highest BCUT2D eigenvalue weighted by molar-refractivity contribution is 5.76. The largest absolute Gasteiger partial charge is 0.469 e. The number of amides is 1. The van der Waals surface area contributed by atoms with Gasteiger partial charge in [-0.25, -0.2) is 0 Å². The van der Waals surface area contributed by atoms with Crippen molar-refractivity contribution in [2.45, 2.75) is 25.9 Å². The third-order valence-corrected chi connectivity index (χ3v) is 3.54. The van der Waals surface area contributed by atoms with E-state index in [1.807, 2.05) is 36.4 Å². The fourth-order valence-electron chi connectivity index (χ4n) is 2.38.